The minimum Gasteiger partial charge on any atom is -0.486 e. The van der Waals surface area contributed by atoms with Gasteiger partial charge in [0, 0.05) is 49.7 Å². The first-order valence-electron chi connectivity index (χ1n) is 11.2. The third-order valence-corrected chi connectivity index (χ3v) is 6.39. The number of aromatic nitrogens is 2. The minimum atomic E-state index is 0.305. The highest BCUT2D eigenvalue weighted by atomic mass is 35.5. The Hall–Kier alpha value is -3.12. The molecule has 0 atom stereocenters. The average molecular weight is 491 g/mol. The standard InChI is InChI=1S/C27H24Cl2N4O/c28-23-15-22(20-8-10-31-25(17-20)33-13-11-30-12-14-33)16-24(29)27(23)34-18-21-7-4-9-32-26(21)19-5-2-1-3-6-19/h1-10,15-17,30H,11-14,18H2. The second kappa shape index (κ2) is 10.4. The van der Waals surface area contributed by atoms with E-state index >= 15 is 0 Å². The van der Waals surface area contributed by atoms with Crippen molar-refractivity contribution in [3.63, 3.8) is 0 Å². The molecule has 5 rings (SSSR count). The molecule has 1 saturated heterocycles. The Morgan fingerprint density at radius 3 is 2.32 bits per heavy atom. The summed E-state index contributed by atoms with van der Waals surface area (Å²) in [5, 5.41) is 4.30. The lowest BCUT2D eigenvalue weighted by Crippen LogP contribution is -2.43. The molecule has 34 heavy (non-hydrogen) atoms. The fourth-order valence-corrected chi connectivity index (χ4v) is 4.69. The molecule has 1 fully saturated rings. The molecular formula is C27H24Cl2N4O. The molecule has 0 saturated carbocycles. The molecule has 4 aromatic rings. The van der Waals surface area contributed by atoms with Crippen LogP contribution < -0.4 is 15.0 Å². The number of rotatable bonds is 6. The van der Waals surface area contributed by atoms with Gasteiger partial charge in [-0.2, -0.15) is 0 Å². The van der Waals surface area contributed by atoms with Gasteiger partial charge in [-0.05, 0) is 41.5 Å². The zero-order valence-corrected chi connectivity index (χ0v) is 20.1. The summed E-state index contributed by atoms with van der Waals surface area (Å²) in [6.07, 6.45) is 3.61. The van der Waals surface area contributed by atoms with E-state index < -0.39 is 0 Å². The Labute approximate surface area is 209 Å². The predicted molar refractivity (Wildman–Crippen MR) is 139 cm³/mol. The Morgan fingerprint density at radius 1 is 0.794 bits per heavy atom. The van der Waals surface area contributed by atoms with E-state index in [2.05, 4.69) is 26.3 Å². The molecule has 0 unspecified atom stereocenters. The number of hydrogen-bond acceptors (Lipinski definition) is 5. The van der Waals surface area contributed by atoms with Crippen molar-refractivity contribution in [2.45, 2.75) is 6.61 Å². The zero-order valence-electron chi connectivity index (χ0n) is 18.5. The third-order valence-electron chi connectivity index (χ3n) is 5.83. The van der Waals surface area contributed by atoms with Crippen molar-refractivity contribution >= 4 is 29.0 Å². The summed E-state index contributed by atoms with van der Waals surface area (Å²) in [7, 11) is 0. The van der Waals surface area contributed by atoms with Crippen molar-refractivity contribution in [2.24, 2.45) is 0 Å². The number of hydrogen-bond donors (Lipinski definition) is 1. The molecule has 7 heteroatoms. The number of halogens is 2. The monoisotopic (exact) mass is 490 g/mol. The highest BCUT2D eigenvalue weighted by Crippen LogP contribution is 2.38. The second-order valence-electron chi connectivity index (χ2n) is 8.07. The number of piperazine rings is 1. The van der Waals surface area contributed by atoms with Crippen LogP contribution in [0, 0.1) is 0 Å². The van der Waals surface area contributed by atoms with Gasteiger partial charge in [0.2, 0.25) is 0 Å². The van der Waals surface area contributed by atoms with Gasteiger partial charge in [-0.25, -0.2) is 4.98 Å². The first kappa shape index (κ1) is 22.7. The molecule has 0 radical (unpaired) electrons. The first-order valence-corrected chi connectivity index (χ1v) is 12.0. The largest absolute Gasteiger partial charge is 0.486 e. The van der Waals surface area contributed by atoms with E-state index in [1.165, 1.54) is 0 Å². The summed E-state index contributed by atoms with van der Waals surface area (Å²) >= 11 is 13.3. The molecule has 0 aliphatic carbocycles. The highest BCUT2D eigenvalue weighted by Gasteiger charge is 2.16. The maximum atomic E-state index is 6.64. The van der Waals surface area contributed by atoms with Crippen LogP contribution in [0.4, 0.5) is 5.82 Å². The molecule has 1 aliphatic heterocycles. The van der Waals surface area contributed by atoms with Crippen LogP contribution in [0.5, 0.6) is 5.75 Å². The fourth-order valence-electron chi connectivity index (χ4n) is 4.09. The number of nitrogens with one attached hydrogen (secondary N) is 1. The van der Waals surface area contributed by atoms with Gasteiger partial charge in [0.15, 0.2) is 5.75 Å². The quantitative estimate of drug-likeness (QED) is 0.353. The Bertz CT molecular complexity index is 1250. The van der Waals surface area contributed by atoms with E-state index in [0.717, 1.165) is 59.9 Å². The van der Waals surface area contributed by atoms with Gasteiger partial charge in [-0.1, -0.05) is 59.6 Å². The molecule has 5 nitrogen and oxygen atoms in total. The van der Waals surface area contributed by atoms with Gasteiger partial charge in [0.25, 0.3) is 0 Å². The molecule has 1 aliphatic rings. The molecule has 2 aromatic carbocycles. The van der Waals surface area contributed by atoms with Crippen molar-refractivity contribution < 1.29 is 4.74 Å². The van der Waals surface area contributed by atoms with Crippen LogP contribution in [-0.4, -0.2) is 36.1 Å². The van der Waals surface area contributed by atoms with Gasteiger partial charge in [-0.15, -0.1) is 0 Å². The van der Waals surface area contributed by atoms with Crippen LogP contribution >= 0.6 is 23.2 Å². The second-order valence-corrected chi connectivity index (χ2v) is 8.89. The van der Waals surface area contributed by atoms with E-state index in [-0.39, 0.29) is 0 Å². The van der Waals surface area contributed by atoms with Crippen LogP contribution in [0.25, 0.3) is 22.4 Å². The van der Waals surface area contributed by atoms with Crippen molar-refractivity contribution in [2.75, 3.05) is 31.1 Å². The normalized spacial score (nSPS) is 13.6. The first-order chi connectivity index (χ1) is 16.7. The maximum Gasteiger partial charge on any atom is 0.157 e. The van der Waals surface area contributed by atoms with E-state index in [4.69, 9.17) is 27.9 Å². The van der Waals surface area contributed by atoms with E-state index in [1.807, 2.05) is 66.9 Å². The van der Waals surface area contributed by atoms with Crippen LogP contribution in [0.3, 0.4) is 0 Å². The van der Waals surface area contributed by atoms with Gasteiger partial charge >= 0.3 is 0 Å². The van der Waals surface area contributed by atoms with Crippen LogP contribution in [-0.2, 0) is 6.61 Å². The number of anilines is 1. The number of nitrogens with zero attached hydrogens (tertiary/aromatic N) is 3. The number of pyridine rings is 2. The van der Waals surface area contributed by atoms with E-state index in [9.17, 15) is 0 Å². The van der Waals surface area contributed by atoms with E-state index in [1.54, 1.807) is 6.20 Å². The van der Waals surface area contributed by atoms with Crippen LogP contribution in [0.1, 0.15) is 5.56 Å². The maximum absolute atomic E-state index is 6.64. The smallest absolute Gasteiger partial charge is 0.157 e. The van der Waals surface area contributed by atoms with Crippen molar-refractivity contribution in [1.82, 2.24) is 15.3 Å². The predicted octanol–water partition coefficient (Wildman–Crippen LogP) is 6.11. The lowest BCUT2D eigenvalue weighted by molar-refractivity contribution is 0.307. The van der Waals surface area contributed by atoms with Gasteiger partial charge in [0.05, 0.1) is 15.7 Å². The molecule has 1 N–H and O–H groups in total. The Kier molecular flexibility index (Phi) is 6.95. The summed E-state index contributed by atoms with van der Waals surface area (Å²) in [6.45, 7) is 4.09. The fraction of sp³-hybridized carbons (Fsp3) is 0.185. The van der Waals surface area contributed by atoms with Gasteiger partial charge in [-0.3, -0.25) is 4.98 Å². The van der Waals surface area contributed by atoms with Crippen molar-refractivity contribution in [1.29, 1.82) is 0 Å². The Morgan fingerprint density at radius 2 is 1.56 bits per heavy atom. The van der Waals surface area contributed by atoms with E-state index in [0.29, 0.717) is 22.4 Å². The summed E-state index contributed by atoms with van der Waals surface area (Å²) < 4.78 is 6.09. The molecule has 2 aromatic heterocycles. The topological polar surface area (TPSA) is 50.3 Å². The van der Waals surface area contributed by atoms with Gasteiger partial charge in [0.1, 0.15) is 12.4 Å². The third kappa shape index (κ3) is 5.02. The molecule has 3 heterocycles. The SMILES string of the molecule is Clc1cc(-c2ccnc(N3CCNCC3)c2)cc(Cl)c1OCc1cccnc1-c1ccccc1. The zero-order chi connectivity index (χ0) is 23.3. The molecule has 172 valence electrons. The van der Waals surface area contributed by atoms with Crippen molar-refractivity contribution in [3.05, 3.63) is 94.7 Å². The van der Waals surface area contributed by atoms with Gasteiger partial charge < -0.3 is 15.0 Å². The number of ether oxygens (including phenoxy) is 1. The van der Waals surface area contributed by atoms with Crippen LogP contribution in [0.15, 0.2) is 79.1 Å². The molecule has 0 spiro atoms. The molecular weight excluding hydrogens is 467 g/mol. The van der Waals surface area contributed by atoms with Crippen LogP contribution in [0.2, 0.25) is 10.0 Å². The minimum absolute atomic E-state index is 0.305. The molecule has 0 amide bonds. The summed E-state index contributed by atoms with van der Waals surface area (Å²) in [5.41, 5.74) is 4.81. The lowest BCUT2D eigenvalue weighted by atomic mass is 10.1. The summed E-state index contributed by atoms with van der Waals surface area (Å²) in [4.78, 5) is 11.4. The summed E-state index contributed by atoms with van der Waals surface area (Å²) in [5.74, 6) is 1.42. The van der Waals surface area contributed by atoms with Crippen molar-refractivity contribution in [3.8, 4) is 28.1 Å². The highest BCUT2D eigenvalue weighted by molar-refractivity contribution is 6.37. The summed E-state index contributed by atoms with van der Waals surface area (Å²) in [6, 6.07) is 21.8. The Balaban J connectivity index is 1.37. The average Bonchev–Trinajstić information content (AvgIpc) is 2.89. The lowest BCUT2D eigenvalue weighted by Gasteiger charge is -2.28. The molecule has 0 bridgehead atoms. The number of benzene rings is 2.